The quantitative estimate of drug-likeness (QED) is 0.414. The van der Waals surface area contributed by atoms with Crippen molar-refractivity contribution >= 4 is 28.9 Å². The van der Waals surface area contributed by atoms with Crippen molar-refractivity contribution in [2.24, 2.45) is 0 Å². The first-order valence-electron chi connectivity index (χ1n) is 4.01. The minimum absolute atomic E-state index is 0.182. The first-order chi connectivity index (χ1) is 7.59. The fraction of sp³-hybridized carbons (Fsp3) is 0.222. The van der Waals surface area contributed by atoms with Crippen LogP contribution in [0.15, 0.2) is 12.1 Å². The van der Waals surface area contributed by atoms with Crippen molar-refractivity contribution in [2.75, 3.05) is 0 Å². The maximum atomic E-state index is 12.5. The van der Waals surface area contributed by atoms with Crippen molar-refractivity contribution in [1.82, 2.24) is 0 Å². The van der Waals surface area contributed by atoms with E-state index in [2.05, 4.69) is 0 Å². The van der Waals surface area contributed by atoms with Crippen molar-refractivity contribution < 1.29 is 31.1 Å². The van der Waals surface area contributed by atoms with Gasteiger partial charge < -0.3 is 0 Å². The van der Waals surface area contributed by atoms with E-state index < -0.39 is 29.0 Å². The van der Waals surface area contributed by atoms with Gasteiger partial charge in [-0.15, -0.1) is 0 Å². The van der Waals surface area contributed by atoms with Crippen LogP contribution in [0.5, 0.6) is 0 Å². The average molecular weight is 368 g/mol. The largest absolute Gasteiger partial charge is 0.417 e. The molecule has 0 heterocycles. The molecule has 0 spiro atoms. The van der Waals surface area contributed by atoms with Crippen LogP contribution in [-0.2, 0) is 12.4 Å². The number of carbonyl (C=O) groups excluding carboxylic acids is 1. The summed E-state index contributed by atoms with van der Waals surface area (Å²) >= 11 is 1.37. The number of benzene rings is 1. The van der Waals surface area contributed by atoms with Gasteiger partial charge in [0, 0.05) is 9.13 Å². The zero-order valence-corrected chi connectivity index (χ0v) is 9.94. The van der Waals surface area contributed by atoms with Gasteiger partial charge in [0.25, 0.3) is 0 Å². The van der Waals surface area contributed by atoms with E-state index in [-0.39, 0.29) is 9.86 Å². The zero-order chi connectivity index (χ0) is 13.4. The third-order valence-electron chi connectivity index (χ3n) is 1.90. The van der Waals surface area contributed by atoms with Gasteiger partial charge in [-0.05, 0) is 34.7 Å². The molecule has 94 valence electrons. The number of alkyl halides is 6. The number of hydrogen-bond acceptors (Lipinski definition) is 1. The van der Waals surface area contributed by atoms with E-state index in [4.69, 9.17) is 0 Å². The lowest BCUT2D eigenvalue weighted by Crippen LogP contribution is -2.19. The Bertz CT molecular complexity index is 448. The maximum absolute atomic E-state index is 12.5. The number of carbonyl (C=O) groups is 1. The van der Waals surface area contributed by atoms with Crippen LogP contribution in [-0.4, -0.2) is 6.29 Å². The van der Waals surface area contributed by atoms with Crippen LogP contribution >= 0.6 is 22.6 Å². The summed E-state index contributed by atoms with van der Waals surface area (Å²) < 4.78 is 74.7. The standard InChI is InChI=1S/C9H3F6IO/c10-8(11,12)5-1-2-6(16)4(3-17)7(5)9(13,14)15/h1-3H. The van der Waals surface area contributed by atoms with Gasteiger partial charge in [0.1, 0.15) is 0 Å². The molecule has 0 atom stereocenters. The number of halogens is 7. The number of rotatable bonds is 1. The molecule has 1 rings (SSSR count). The summed E-state index contributed by atoms with van der Waals surface area (Å²) in [6, 6.07) is 1.14. The van der Waals surface area contributed by atoms with Crippen LogP contribution in [0.3, 0.4) is 0 Å². The van der Waals surface area contributed by atoms with Gasteiger partial charge in [0.2, 0.25) is 0 Å². The fourth-order valence-corrected chi connectivity index (χ4v) is 1.83. The molecule has 0 aromatic heterocycles. The summed E-state index contributed by atoms with van der Waals surface area (Å²) in [6.45, 7) is 0. The molecule has 1 aromatic carbocycles. The van der Waals surface area contributed by atoms with Gasteiger partial charge in [-0.1, -0.05) is 0 Å². The van der Waals surface area contributed by atoms with Gasteiger partial charge in [-0.2, -0.15) is 26.3 Å². The highest BCUT2D eigenvalue weighted by molar-refractivity contribution is 14.1. The molecular weight excluding hydrogens is 365 g/mol. The van der Waals surface area contributed by atoms with Crippen LogP contribution in [0.4, 0.5) is 26.3 Å². The van der Waals surface area contributed by atoms with Gasteiger partial charge in [-0.3, -0.25) is 4.79 Å². The predicted octanol–water partition coefficient (Wildman–Crippen LogP) is 4.14. The second-order valence-electron chi connectivity index (χ2n) is 3.00. The third-order valence-corrected chi connectivity index (χ3v) is 2.84. The second kappa shape index (κ2) is 4.46. The van der Waals surface area contributed by atoms with Crippen molar-refractivity contribution in [2.45, 2.75) is 12.4 Å². The molecule has 0 saturated carbocycles. The summed E-state index contributed by atoms with van der Waals surface area (Å²) in [5, 5.41) is 0. The Hall–Kier alpha value is -0.800. The van der Waals surface area contributed by atoms with Crippen molar-refractivity contribution in [1.29, 1.82) is 0 Å². The summed E-state index contributed by atoms with van der Waals surface area (Å²) in [4.78, 5) is 10.5. The van der Waals surface area contributed by atoms with Gasteiger partial charge in [0.15, 0.2) is 6.29 Å². The summed E-state index contributed by atoms with van der Waals surface area (Å²) in [6.07, 6.45) is -10.6. The van der Waals surface area contributed by atoms with Crippen LogP contribution in [0, 0.1) is 3.57 Å². The lowest BCUT2D eigenvalue weighted by molar-refractivity contribution is -0.162. The zero-order valence-electron chi connectivity index (χ0n) is 7.79. The first kappa shape index (κ1) is 14.3. The molecule has 0 unspecified atom stereocenters. The molecule has 1 aromatic rings. The van der Waals surface area contributed by atoms with E-state index in [0.29, 0.717) is 6.07 Å². The summed E-state index contributed by atoms with van der Waals surface area (Å²) in [7, 11) is 0. The number of hydrogen-bond donors (Lipinski definition) is 0. The van der Waals surface area contributed by atoms with E-state index in [9.17, 15) is 31.1 Å². The van der Waals surface area contributed by atoms with Crippen molar-refractivity contribution in [3.05, 3.63) is 32.4 Å². The molecule has 0 saturated heterocycles. The highest BCUT2D eigenvalue weighted by atomic mass is 127. The monoisotopic (exact) mass is 368 g/mol. The van der Waals surface area contributed by atoms with Gasteiger partial charge in [0.05, 0.1) is 11.1 Å². The van der Waals surface area contributed by atoms with E-state index in [1.165, 1.54) is 22.6 Å². The van der Waals surface area contributed by atoms with E-state index in [1.54, 1.807) is 0 Å². The molecule has 0 aliphatic rings. The van der Waals surface area contributed by atoms with E-state index >= 15 is 0 Å². The second-order valence-corrected chi connectivity index (χ2v) is 4.16. The Labute approximate surface area is 105 Å². The fourth-order valence-electron chi connectivity index (χ4n) is 1.25. The molecule has 17 heavy (non-hydrogen) atoms. The van der Waals surface area contributed by atoms with Gasteiger partial charge in [-0.25, -0.2) is 0 Å². The van der Waals surface area contributed by atoms with Crippen molar-refractivity contribution in [3.63, 3.8) is 0 Å². The Morgan fingerprint density at radius 3 is 1.88 bits per heavy atom. The topological polar surface area (TPSA) is 17.1 Å². The molecule has 0 fully saturated rings. The molecule has 0 aliphatic heterocycles. The van der Waals surface area contributed by atoms with E-state index in [0.717, 1.165) is 6.07 Å². The lowest BCUT2D eigenvalue weighted by Gasteiger charge is -2.17. The highest BCUT2D eigenvalue weighted by Gasteiger charge is 2.45. The molecule has 0 aliphatic carbocycles. The average Bonchev–Trinajstić information content (AvgIpc) is 2.13. The highest BCUT2D eigenvalue weighted by Crippen LogP contribution is 2.42. The summed E-state index contributed by atoms with van der Waals surface area (Å²) in [5.41, 5.74) is -4.78. The molecule has 1 nitrogen and oxygen atoms in total. The molecule has 0 amide bonds. The molecule has 0 N–H and O–H groups in total. The van der Waals surface area contributed by atoms with Crippen LogP contribution < -0.4 is 0 Å². The first-order valence-corrected chi connectivity index (χ1v) is 5.09. The Kier molecular flexibility index (Phi) is 3.75. The van der Waals surface area contributed by atoms with Crippen LogP contribution in [0.2, 0.25) is 0 Å². The maximum Gasteiger partial charge on any atom is 0.417 e. The molecule has 8 heteroatoms. The van der Waals surface area contributed by atoms with Crippen LogP contribution in [0.1, 0.15) is 21.5 Å². The third kappa shape index (κ3) is 2.90. The minimum Gasteiger partial charge on any atom is -0.298 e. The SMILES string of the molecule is O=Cc1c(I)ccc(C(F)(F)F)c1C(F)(F)F. The predicted molar refractivity (Wildman–Crippen MR) is 54.6 cm³/mol. The smallest absolute Gasteiger partial charge is 0.298 e. The Morgan fingerprint density at radius 1 is 1.00 bits per heavy atom. The molecular formula is C9H3F6IO. The molecule has 0 bridgehead atoms. The van der Waals surface area contributed by atoms with Crippen molar-refractivity contribution in [3.8, 4) is 0 Å². The Morgan fingerprint density at radius 2 is 1.53 bits per heavy atom. The summed E-state index contributed by atoms with van der Waals surface area (Å²) in [5.74, 6) is 0. The van der Waals surface area contributed by atoms with Gasteiger partial charge >= 0.3 is 12.4 Å². The van der Waals surface area contributed by atoms with E-state index in [1.807, 2.05) is 0 Å². The normalized spacial score (nSPS) is 12.6. The van der Waals surface area contributed by atoms with Crippen LogP contribution in [0.25, 0.3) is 0 Å². The lowest BCUT2D eigenvalue weighted by atomic mass is 10.0. The molecule has 0 radical (unpaired) electrons. The number of aldehydes is 1. The Balaban J connectivity index is 3.70. The minimum atomic E-state index is -5.23.